The number of rotatable bonds is 7. The number of thioether (sulfide) groups is 1. The summed E-state index contributed by atoms with van der Waals surface area (Å²) in [4.78, 5) is 19.8. The molecule has 0 fully saturated rings. The molecule has 1 aromatic rings. The molecule has 0 bridgehead atoms. The van der Waals surface area contributed by atoms with E-state index in [0.29, 0.717) is 18.1 Å². The number of aromatic nitrogens is 2. The second-order valence-corrected chi connectivity index (χ2v) is 4.41. The maximum atomic E-state index is 11.6. The summed E-state index contributed by atoms with van der Waals surface area (Å²) in [6.45, 7) is 3.44. The van der Waals surface area contributed by atoms with Crippen LogP contribution in [0.4, 0.5) is 5.82 Å². The lowest BCUT2D eigenvalue weighted by atomic mass is 10.4. The minimum Gasteiger partial charge on any atom is -0.369 e. The standard InChI is InChI=1S/C11H18N4OS/c1-3-12-10-8-14-9(7-15-10)11(16)13-5-4-6-17-2/h7-8H,3-6H2,1-2H3,(H,12,15)(H,13,16). The largest absolute Gasteiger partial charge is 0.369 e. The maximum absolute atomic E-state index is 11.6. The molecule has 0 aliphatic heterocycles. The Balaban J connectivity index is 2.40. The summed E-state index contributed by atoms with van der Waals surface area (Å²) in [6.07, 6.45) is 6.07. The van der Waals surface area contributed by atoms with E-state index in [4.69, 9.17) is 0 Å². The first-order valence-corrected chi connectivity index (χ1v) is 7.00. The summed E-state index contributed by atoms with van der Waals surface area (Å²) in [5.41, 5.74) is 0.357. The van der Waals surface area contributed by atoms with Gasteiger partial charge in [0.15, 0.2) is 0 Å². The van der Waals surface area contributed by atoms with Gasteiger partial charge in [0, 0.05) is 13.1 Å². The van der Waals surface area contributed by atoms with Gasteiger partial charge >= 0.3 is 0 Å². The van der Waals surface area contributed by atoms with E-state index in [2.05, 4.69) is 20.6 Å². The zero-order valence-electron chi connectivity index (χ0n) is 10.2. The molecule has 1 aromatic heterocycles. The maximum Gasteiger partial charge on any atom is 0.271 e. The van der Waals surface area contributed by atoms with E-state index in [-0.39, 0.29) is 5.91 Å². The van der Waals surface area contributed by atoms with Crippen LogP contribution in [0.2, 0.25) is 0 Å². The molecular formula is C11H18N4OS. The molecule has 0 unspecified atom stereocenters. The number of carbonyl (C=O) groups is 1. The number of anilines is 1. The fraction of sp³-hybridized carbons (Fsp3) is 0.545. The number of hydrogen-bond donors (Lipinski definition) is 2. The first-order chi connectivity index (χ1) is 8.27. The van der Waals surface area contributed by atoms with Gasteiger partial charge in [0.05, 0.1) is 12.4 Å². The Labute approximate surface area is 106 Å². The summed E-state index contributed by atoms with van der Waals surface area (Å²) in [6, 6.07) is 0. The molecule has 0 aliphatic carbocycles. The van der Waals surface area contributed by atoms with Gasteiger partial charge < -0.3 is 10.6 Å². The predicted octanol–water partition coefficient (Wildman–Crippen LogP) is 1.39. The van der Waals surface area contributed by atoms with Crippen molar-refractivity contribution in [3.05, 3.63) is 18.1 Å². The number of amides is 1. The minimum absolute atomic E-state index is 0.165. The first kappa shape index (κ1) is 13.8. The van der Waals surface area contributed by atoms with Crippen molar-refractivity contribution in [3.63, 3.8) is 0 Å². The third kappa shape index (κ3) is 5.04. The molecule has 1 heterocycles. The highest BCUT2D eigenvalue weighted by atomic mass is 32.2. The highest BCUT2D eigenvalue weighted by Gasteiger charge is 2.06. The summed E-state index contributed by atoms with van der Waals surface area (Å²) >= 11 is 1.77. The average molecular weight is 254 g/mol. The summed E-state index contributed by atoms with van der Waals surface area (Å²) < 4.78 is 0. The molecule has 0 saturated heterocycles. The molecule has 1 rings (SSSR count). The second-order valence-electron chi connectivity index (χ2n) is 3.42. The SMILES string of the molecule is CCNc1cnc(C(=O)NCCCSC)cn1. The van der Waals surface area contributed by atoms with Gasteiger partial charge in [0.2, 0.25) is 0 Å². The van der Waals surface area contributed by atoms with Crippen molar-refractivity contribution < 1.29 is 4.79 Å². The lowest BCUT2D eigenvalue weighted by Crippen LogP contribution is -2.25. The minimum atomic E-state index is -0.165. The van der Waals surface area contributed by atoms with Crippen molar-refractivity contribution >= 4 is 23.5 Å². The highest BCUT2D eigenvalue weighted by Crippen LogP contribution is 2.00. The van der Waals surface area contributed by atoms with Gasteiger partial charge in [-0.3, -0.25) is 4.79 Å². The van der Waals surface area contributed by atoms with Crippen LogP contribution in [0.5, 0.6) is 0 Å². The molecule has 94 valence electrons. The van der Waals surface area contributed by atoms with Crippen LogP contribution in [-0.2, 0) is 0 Å². The van der Waals surface area contributed by atoms with Crippen molar-refractivity contribution in [2.45, 2.75) is 13.3 Å². The van der Waals surface area contributed by atoms with E-state index in [1.54, 1.807) is 18.0 Å². The number of nitrogens with zero attached hydrogens (tertiary/aromatic N) is 2. The van der Waals surface area contributed by atoms with Gasteiger partial charge in [0.25, 0.3) is 5.91 Å². The Morgan fingerprint density at radius 1 is 1.41 bits per heavy atom. The molecule has 2 N–H and O–H groups in total. The zero-order chi connectivity index (χ0) is 12.5. The topological polar surface area (TPSA) is 66.9 Å². The van der Waals surface area contributed by atoms with Crippen LogP contribution >= 0.6 is 11.8 Å². The molecule has 0 atom stereocenters. The van der Waals surface area contributed by atoms with Crippen molar-refractivity contribution in [2.24, 2.45) is 0 Å². The first-order valence-electron chi connectivity index (χ1n) is 5.61. The molecule has 0 aliphatic rings. The molecular weight excluding hydrogens is 236 g/mol. The molecule has 0 aromatic carbocycles. The summed E-state index contributed by atoms with van der Waals surface area (Å²) in [5.74, 6) is 1.57. The Morgan fingerprint density at radius 3 is 2.82 bits per heavy atom. The summed E-state index contributed by atoms with van der Waals surface area (Å²) in [5, 5.41) is 5.84. The summed E-state index contributed by atoms with van der Waals surface area (Å²) in [7, 11) is 0. The Bertz CT molecular complexity index is 342. The van der Waals surface area contributed by atoms with Crippen molar-refractivity contribution in [2.75, 3.05) is 30.4 Å². The van der Waals surface area contributed by atoms with E-state index in [9.17, 15) is 4.79 Å². The van der Waals surface area contributed by atoms with Crippen LogP contribution in [-0.4, -0.2) is 41.0 Å². The van der Waals surface area contributed by atoms with Crippen molar-refractivity contribution in [1.82, 2.24) is 15.3 Å². The molecule has 1 amide bonds. The van der Waals surface area contributed by atoms with Crippen molar-refractivity contribution in [3.8, 4) is 0 Å². The quantitative estimate of drug-likeness (QED) is 0.720. The smallest absolute Gasteiger partial charge is 0.271 e. The third-order valence-electron chi connectivity index (χ3n) is 2.05. The molecule has 0 saturated carbocycles. The highest BCUT2D eigenvalue weighted by molar-refractivity contribution is 7.98. The fourth-order valence-corrected chi connectivity index (χ4v) is 1.66. The van der Waals surface area contributed by atoms with E-state index >= 15 is 0 Å². The molecule has 6 heteroatoms. The molecule has 0 radical (unpaired) electrons. The predicted molar refractivity (Wildman–Crippen MR) is 71.5 cm³/mol. The van der Waals surface area contributed by atoms with Gasteiger partial charge in [-0.2, -0.15) is 11.8 Å². The van der Waals surface area contributed by atoms with Gasteiger partial charge in [-0.05, 0) is 25.4 Å². The van der Waals surface area contributed by atoms with Crippen LogP contribution in [0.25, 0.3) is 0 Å². The van der Waals surface area contributed by atoms with E-state index < -0.39 is 0 Å². The van der Waals surface area contributed by atoms with E-state index in [1.807, 2.05) is 13.2 Å². The third-order valence-corrected chi connectivity index (χ3v) is 2.75. The fourth-order valence-electron chi connectivity index (χ4n) is 1.23. The number of hydrogen-bond acceptors (Lipinski definition) is 5. The second kappa shape index (κ2) is 7.89. The van der Waals surface area contributed by atoms with Crippen LogP contribution in [0, 0.1) is 0 Å². The van der Waals surface area contributed by atoms with Gasteiger partial charge in [0.1, 0.15) is 11.5 Å². The van der Waals surface area contributed by atoms with E-state index in [1.165, 1.54) is 6.20 Å². The Kier molecular flexibility index (Phi) is 6.39. The van der Waals surface area contributed by atoms with E-state index in [0.717, 1.165) is 18.7 Å². The molecule has 5 nitrogen and oxygen atoms in total. The van der Waals surface area contributed by atoms with Crippen LogP contribution < -0.4 is 10.6 Å². The normalized spacial score (nSPS) is 10.0. The van der Waals surface area contributed by atoms with Crippen LogP contribution in [0.3, 0.4) is 0 Å². The monoisotopic (exact) mass is 254 g/mol. The van der Waals surface area contributed by atoms with Crippen LogP contribution in [0.1, 0.15) is 23.8 Å². The van der Waals surface area contributed by atoms with Gasteiger partial charge in [-0.1, -0.05) is 0 Å². The molecule has 17 heavy (non-hydrogen) atoms. The Morgan fingerprint density at radius 2 is 2.24 bits per heavy atom. The van der Waals surface area contributed by atoms with Crippen molar-refractivity contribution in [1.29, 1.82) is 0 Å². The van der Waals surface area contributed by atoms with Gasteiger partial charge in [-0.15, -0.1) is 0 Å². The average Bonchev–Trinajstić information content (AvgIpc) is 2.36. The number of carbonyl (C=O) groups excluding carboxylic acids is 1. The van der Waals surface area contributed by atoms with Gasteiger partial charge in [-0.25, -0.2) is 9.97 Å². The zero-order valence-corrected chi connectivity index (χ0v) is 11.0. The Hall–Kier alpha value is -1.30. The lowest BCUT2D eigenvalue weighted by molar-refractivity contribution is 0.0948. The molecule has 0 spiro atoms. The lowest BCUT2D eigenvalue weighted by Gasteiger charge is -2.05. The number of nitrogens with one attached hydrogen (secondary N) is 2. The van der Waals surface area contributed by atoms with Crippen LogP contribution in [0.15, 0.2) is 12.4 Å².